The van der Waals surface area contributed by atoms with Crippen LogP contribution in [0.4, 0.5) is 0 Å². The maximum absolute atomic E-state index is 11.6. The molecular weight excluding hydrogens is 304 g/mol. The molecule has 1 aromatic rings. The Bertz CT molecular complexity index is 517. The smallest absolute Gasteiger partial charge is 0.221 e. The van der Waals surface area contributed by atoms with E-state index in [-0.39, 0.29) is 5.91 Å². The summed E-state index contributed by atoms with van der Waals surface area (Å²) in [6, 6.07) is 7.89. The van der Waals surface area contributed by atoms with E-state index in [0.29, 0.717) is 32.1 Å². The van der Waals surface area contributed by atoms with E-state index in [2.05, 4.69) is 20.9 Å². The molecule has 0 saturated heterocycles. The lowest BCUT2D eigenvalue weighted by Crippen LogP contribution is -2.39. The lowest BCUT2D eigenvalue weighted by atomic mass is 10.2. The largest absolute Gasteiger partial charge is 0.494 e. The number of hydrogen-bond acceptors (Lipinski definition) is 3. The van der Waals surface area contributed by atoms with Crippen molar-refractivity contribution in [3.63, 3.8) is 0 Å². The van der Waals surface area contributed by atoms with Crippen molar-refractivity contribution in [3.8, 4) is 5.75 Å². The fourth-order valence-corrected chi connectivity index (χ4v) is 2.08. The Balaban J connectivity index is 2.55. The maximum Gasteiger partial charge on any atom is 0.221 e. The van der Waals surface area contributed by atoms with E-state index in [1.807, 2.05) is 45.0 Å². The van der Waals surface area contributed by atoms with Crippen LogP contribution in [-0.2, 0) is 11.3 Å². The highest BCUT2D eigenvalue weighted by molar-refractivity contribution is 5.81. The van der Waals surface area contributed by atoms with Crippen LogP contribution in [0.25, 0.3) is 0 Å². The van der Waals surface area contributed by atoms with E-state index in [1.54, 1.807) is 0 Å². The molecule has 0 aromatic heterocycles. The number of ether oxygens (including phenoxy) is 1. The van der Waals surface area contributed by atoms with Crippen LogP contribution in [0.5, 0.6) is 5.75 Å². The molecule has 24 heavy (non-hydrogen) atoms. The molecule has 0 saturated carbocycles. The summed E-state index contributed by atoms with van der Waals surface area (Å²) in [5, 5.41) is 9.24. The Labute approximate surface area is 145 Å². The van der Waals surface area contributed by atoms with Crippen molar-refractivity contribution in [2.75, 3.05) is 26.2 Å². The number of aliphatic imine (C=N–C) groups is 1. The quantitative estimate of drug-likeness (QED) is 0.452. The van der Waals surface area contributed by atoms with Crippen molar-refractivity contribution in [2.45, 2.75) is 40.2 Å². The Morgan fingerprint density at radius 3 is 2.58 bits per heavy atom. The van der Waals surface area contributed by atoms with Gasteiger partial charge in [-0.1, -0.05) is 25.1 Å². The molecule has 0 radical (unpaired) electrons. The van der Waals surface area contributed by atoms with Gasteiger partial charge in [0, 0.05) is 31.6 Å². The first-order chi connectivity index (χ1) is 11.7. The summed E-state index contributed by atoms with van der Waals surface area (Å²) in [6.45, 7) is 9.21. The van der Waals surface area contributed by atoms with Crippen LogP contribution < -0.4 is 20.7 Å². The minimum absolute atomic E-state index is 0.0573. The molecule has 134 valence electrons. The predicted octanol–water partition coefficient (Wildman–Crippen LogP) is 2.06. The van der Waals surface area contributed by atoms with Crippen molar-refractivity contribution < 1.29 is 9.53 Å². The van der Waals surface area contributed by atoms with Gasteiger partial charge in [-0.15, -0.1) is 0 Å². The molecule has 0 atom stereocenters. The fraction of sp³-hybridized carbons (Fsp3) is 0.556. The molecule has 0 aliphatic heterocycles. The Hall–Kier alpha value is -2.24. The third-order valence-electron chi connectivity index (χ3n) is 3.24. The van der Waals surface area contributed by atoms with Gasteiger partial charge in [-0.2, -0.15) is 0 Å². The second-order valence-electron chi connectivity index (χ2n) is 5.26. The first-order valence-electron chi connectivity index (χ1n) is 8.70. The molecule has 1 aromatic carbocycles. The van der Waals surface area contributed by atoms with Gasteiger partial charge in [0.1, 0.15) is 5.75 Å². The van der Waals surface area contributed by atoms with Gasteiger partial charge in [-0.25, -0.2) is 4.99 Å². The molecule has 6 heteroatoms. The molecule has 0 spiro atoms. The van der Waals surface area contributed by atoms with E-state index in [4.69, 9.17) is 4.74 Å². The number of nitrogens with one attached hydrogen (secondary N) is 3. The Morgan fingerprint density at radius 2 is 1.88 bits per heavy atom. The van der Waals surface area contributed by atoms with Gasteiger partial charge in [0.05, 0.1) is 13.2 Å². The normalized spacial score (nSPS) is 11.0. The van der Waals surface area contributed by atoms with Crippen LogP contribution >= 0.6 is 0 Å². The molecule has 0 aliphatic carbocycles. The molecule has 1 amide bonds. The van der Waals surface area contributed by atoms with E-state index >= 15 is 0 Å². The number of nitrogens with zero attached hydrogens (tertiary/aromatic N) is 1. The first-order valence-corrected chi connectivity index (χ1v) is 8.70. The number of carbonyl (C=O) groups excluding carboxylic acids is 1. The summed E-state index contributed by atoms with van der Waals surface area (Å²) in [5.74, 6) is 1.62. The zero-order valence-corrected chi connectivity index (χ0v) is 15.0. The lowest BCUT2D eigenvalue weighted by molar-refractivity contribution is -0.120. The number of amides is 1. The second-order valence-corrected chi connectivity index (χ2v) is 5.26. The van der Waals surface area contributed by atoms with E-state index in [9.17, 15) is 4.79 Å². The SMILES string of the molecule is CCCNC(=O)CCNC(=NCc1ccccc1OCC)NCC. The van der Waals surface area contributed by atoms with E-state index in [0.717, 1.165) is 30.8 Å². The number of hydrogen-bond donors (Lipinski definition) is 3. The van der Waals surface area contributed by atoms with Crippen LogP contribution in [0.1, 0.15) is 39.2 Å². The van der Waals surface area contributed by atoms with Crippen LogP contribution in [0.2, 0.25) is 0 Å². The molecule has 0 aliphatic rings. The Morgan fingerprint density at radius 1 is 1.08 bits per heavy atom. The fourth-order valence-electron chi connectivity index (χ4n) is 2.08. The molecule has 0 heterocycles. The molecule has 0 unspecified atom stereocenters. The Kier molecular flexibility index (Phi) is 10.1. The average molecular weight is 334 g/mol. The summed E-state index contributed by atoms with van der Waals surface area (Å²) >= 11 is 0. The number of guanidine groups is 1. The highest BCUT2D eigenvalue weighted by atomic mass is 16.5. The third kappa shape index (κ3) is 7.85. The zero-order valence-electron chi connectivity index (χ0n) is 15.0. The highest BCUT2D eigenvalue weighted by Crippen LogP contribution is 2.18. The summed E-state index contributed by atoms with van der Waals surface area (Å²) in [6.07, 6.45) is 1.38. The summed E-state index contributed by atoms with van der Waals surface area (Å²) < 4.78 is 5.62. The molecule has 0 bridgehead atoms. The average Bonchev–Trinajstić information content (AvgIpc) is 2.59. The van der Waals surface area contributed by atoms with Crippen molar-refractivity contribution in [1.82, 2.24) is 16.0 Å². The van der Waals surface area contributed by atoms with Crippen LogP contribution in [0, 0.1) is 0 Å². The molecule has 0 fully saturated rings. The van der Waals surface area contributed by atoms with Gasteiger partial charge >= 0.3 is 0 Å². The zero-order chi connectivity index (χ0) is 17.6. The summed E-state index contributed by atoms with van der Waals surface area (Å²) in [4.78, 5) is 16.2. The van der Waals surface area contributed by atoms with Crippen LogP contribution in [0.3, 0.4) is 0 Å². The standard InChI is InChI=1S/C18H30N4O2/c1-4-12-20-17(23)11-13-21-18(19-5-2)22-14-15-9-7-8-10-16(15)24-6-3/h7-10H,4-6,11-14H2,1-3H3,(H,20,23)(H2,19,21,22). The van der Waals surface area contributed by atoms with E-state index < -0.39 is 0 Å². The van der Waals surface area contributed by atoms with Crippen molar-refractivity contribution in [1.29, 1.82) is 0 Å². The van der Waals surface area contributed by atoms with Gasteiger partial charge in [-0.05, 0) is 26.3 Å². The number of carbonyl (C=O) groups is 1. The predicted molar refractivity (Wildman–Crippen MR) is 98.3 cm³/mol. The minimum atomic E-state index is 0.0573. The van der Waals surface area contributed by atoms with Gasteiger partial charge < -0.3 is 20.7 Å². The molecule has 6 nitrogen and oxygen atoms in total. The molecule has 1 rings (SSSR count). The third-order valence-corrected chi connectivity index (χ3v) is 3.24. The minimum Gasteiger partial charge on any atom is -0.494 e. The summed E-state index contributed by atoms with van der Waals surface area (Å²) in [7, 11) is 0. The summed E-state index contributed by atoms with van der Waals surface area (Å²) in [5.41, 5.74) is 1.04. The van der Waals surface area contributed by atoms with Gasteiger partial charge in [-0.3, -0.25) is 4.79 Å². The van der Waals surface area contributed by atoms with Crippen molar-refractivity contribution in [2.24, 2.45) is 4.99 Å². The first kappa shape index (κ1) is 19.8. The lowest BCUT2D eigenvalue weighted by Gasteiger charge is -2.12. The van der Waals surface area contributed by atoms with Gasteiger partial charge in [0.15, 0.2) is 5.96 Å². The number of benzene rings is 1. The molecular formula is C18H30N4O2. The highest BCUT2D eigenvalue weighted by Gasteiger charge is 2.04. The van der Waals surface area contributed by atoms with Gasteiger partial charge in [0.25, 0.3) is 0 Å². The topological polar surface area (TPSA) is 74.8 Å². The van der Waals surface area contributed by atoms with Gasteiger partial charge in [0.2, 0.25) is 5.91 Å². The number of rotatable bonds is 10. The monoisotopic (exact) mass is 334 g/mol. The second kappa shape index (κ2) is 12.2. The number of para-hydroxylation sites is 1. The van der Waals surface area contributed by atoms with Crippen molar-refractivity contribution in [3.05, 3.63) is 29.8 Å². The van der Waals surface area contributed by atoms with E-state index in [1.165, 1.54) is 0 Å². The maximum atomic E-state index is 11.6. The molecule has 3 N–H and O–H groups in total. The van der Waals surface area contributed by atoms with Crippen LogP contribution in [0.15, 0.2) is 29.3 Å². The van der Waals surface area contributed by atoms with Crippen molar-refractivity contribution >= 4 is 11.9 Å². The van der Waals surface area contributed by atoms with Crippen LogP contribution in [-0.4, -0.2) is 38.1 Å².